The van der Waals surface area contributed by atoms with E-state index in [4.69, 9.17) is 6.11 Å². The molecule has 1 atom stereocenters. The Morgan fingerprint density at radius 1 is 1.40 bits per heavy atom. The van der Waals surface area contributed by atoms with Crippen molar-refractivity contribution in [2.75, 3.05) is 0 Å². The molecule has 0 bridgehead atoms. The second kappa shape index (κ2) is 4.78. The van der Waals surface area contributed by atoms with E-state index in [0.717, 1.165) is 5.56 Å². The van der Waals surface area contributed by atoms with Crippen molar-refractivity contribution >= 4 is 5.97 Å². The van der Waals surface area contributed by atoms with Gasteiger partial charge in [-0.2, -0.15) is 0 Å². The topological polar surface area (TPSA) is 26.3 Å². The van der Waals surface area contributed by atoms with Gasteiger partial charge < -0.3 is 4.74 Å². The van der Waals surface area contributed by atoms with Crippen LogP contribution >= 0.6 is 0 Å². The monoisotopic (exact) mass is 203 g/mol. The largest absolute Gasteiger partial charge is 0.461 e. The van der Waals surface area contributed by atoms with Crippen molar-refractivity contribution in [1.29, 1.82) is 0 Å². The zero-order chi connectivity index (χ0) is 11.4. The fourth-order valence-electron chi connectivity index (χ4n) is 1.64. The van der Waals surface area contributed by atoms with Gasteiger partial charge in [0.15, 0.2) is 0 Å². The lowest BCUT2D eigenvalue weighted by atomic mass is 10.1. The molecule has 1 aromatic carbocycles. The fourth-order valence-corrected chi connectivity index (χ4v) is 1.64. The number of cyclic esters (lactones) is 1. The van der Waals surface area contributed by atoms with Crippen molar-refractivity contribution in [2.45, 2.75) is 25.4 Å². The molecule has 0 saturated carbocycles. The van der Waals surface area contributed by atoms with Gasteiger partial charge in [0.25, 0.3) is 0 Å². The van der Waals surface area contributed by atoms with Crippen LogP contribution in [0.15, 0.2) is 42.5 Å². The molecule has 2 nitrogen and oxygen atoms in total. The van der Waals surface area contributed by atoms with E-state index in [1.54, 1.807) is 6.08 Å². The molecule has 1 aliphatic rings. The summed E-state index contributed by atoms with van der Waals surface area (Å²) in [7, 11) is 0. The van der Waals surface area contributed by atoms with Crippen LogP contribution in [0, 0.1) is 0 Å². The van der Waals surface area contributed by atoms with E-state index in [9.17, 15) is 4.79 Å². The van der Waals surface area contributed by atoms with E-state index in [-0.39, 0.29) is 18.5 Å². The Kier molecular flexibility index (Phi) is 2.78. The highest BCUT2D eigenvalue weighted by atomic mass is 16.5. The zero-order valence-corrected chi connectivity index (χ0v) is 8.48. The number of hydrogen-bond acceptors (Lipinski definition) is 2. The minimum absolute atomic E-state index is 0.193. The van der Waals surface area contributed by atoms with E-state index >= 15 is 0 Å². The molecule has 0 radical (unpaired) electrons. The van der Waals surface area contributed by atoms with E-state index in [0.29, 0.717) is 18.9 Å². The molecule has 0 amide bonds. The summed E-state index contributed by atoms with van der Waals surface area (Å²) in [6, 6.07) is 10.4. The summed E-state index contributed by atoms with van der Waals surface area (Å²) in [4.78, 5) is 11.3. The highest BCUT2D eigenvalue weighted by Gasteiger charge is 2.15. The van der Waals surface area contributed by atoms with Crippen molar-refractivity contribution in [1.82, 2.24) is 0 Å². The third-order valence-corrected chi connectivity index (χ3v) is 2.36. The van der Waals surface area contributed by atoms with Gasteiger partial charge in [0.05, 0.1) is 7.79 Å². The SMILES string of the molecule is [2H]C1=CCC(=O)OC(Cc2ccccc2)C1. The normalized spacial score (nSPS) is 22.4. The molecule has 2 heteroatoms. The average molecular weight is 203 g/mol. The first-order valence-electron chi connectivity index (χ1n) is 5.63. The number of hydrogen-bond donors (Lipinski definition) is 0. The average Bonchev–Trinajstić information content (AvgIpc) is 2.42. The van der Waals surface area contributed by atoms with Crippen molar-refractivity contribution in [2.24, 2.45) is 0 Å². The van der Waals surface area contributed by atoms with Gasteiger partial charge in [0, 0.05) is 12.8 Å². The number of carbonyl (C=O) groups is 1. The van der Waals surface area contributed by atoms with Gasteiger partial charge in [-0.3, -0.25) is 4.79 Å². The molecule has 1 aliphatic heterocycles. The van der Waals surface area contributed by atoms with Crippen LogP contribution in [0.5, 0.6) is 0 Å². The van der Waals surface area contributed by atoms with Gasteiger partial charge in [0.2, 0.25) is 0 Å². The molecule has 0 aliphatic carbocycles. The van der Waals surface area contributed by atoms with Crippen LogP contribution in [-0.2, 0) is 16.0 Å². The van der Waals surface area contributed by atoms with Crippen LogP contribution in [0.4, 0.5) is 0 Å². The summed E-state index contributed by atoms with van der Waals surface area (Å²) in [6.45, 7) is 0. The van der Waals surface area contributed by atoms with Crippen molar-refractivity contribution < 1.29 is 10.9 Å². The first-order chi connectivity index (χ1) is 7.74. The number of ether oxygens (including phenoxy) is 1. The van der Waals surface area contributed by atoms with E-state index in [1.165, 1.54) is 0 Å². The molecule has 1 aromatic rings. The van der Waals surface area contributed by atoms with E-state index < -0.39 is 0 Å². The summed E-state index contributed by atoms with van der Waals surface area (Å²) >= 11 is 0. The lowest BCUT2D eigenvalue weighted by Crippen LogP contribution is -2.18. The molecule has 1 heterocycles. The Balaban J connectivity index is 2.04. The first kappa shape index (κ1) is 8.72. The zero-order valence-electron chi connectivity index (χ0n) is 9.48. The lowest BCUT2D eigenvalue weighted by molar-refractivity contribution is -0.147. The van der Waals surface area contributed by atoms with Gasteiger partial charge >= 0.3 is 5.97 Å². The predicted molar refractivity (Wildman–Crippen MR) is 58.4 cm³/mol. The molecule has 15 heavy (non-hydrogen) atoms. The molecule has 0 fully saturated rings. The Labute approximate surface area is 91.0 Å². The maximum absolute atomic E-state index is 11.3. The van der Waals surface area contributed by atoms with Crippen LogP contribution in [0.3, 0.4) is 0 Å². The predicted octanol–water partition coefficient (Wildman–Crippen LogP) is 2.49. The third kappa shape index (κ3) is 2.94. The molecule has 0 aromatic heterocycles. The Bertz CT molecular complexity index is 398. The number of rotatable bonds is 2. The van der Waals surface area contributed by atoms with Crippen LogP contribution in [0.1, 0.15) is 19.8 Å². The standard InChI is InChI=1S/C13H14O2/c14-13-9-5-4-8-12(15-13)10-11-6-2-1-3-7-11/h1-7,12H,8-10H2/i4D. The smallest absolute Gasteiger partial charge is 0.309 e. The van der Waals surface area contributed by atoms with Gasteiger partial charge in [-0.25, -0.2) is 0 Å². The van der Waals surface area contributed by atoms with Crippen molar-refractivity contribution in [3.63, 3.8) is 0 Å². The van der Waals surface area contributed by atoms with Crippen molar-refractivity contribution in [3.8, 4) is 0 Å². The molecule has 0 saturated heterocycles. The number of esters is 1. The van der Waals surface area contributed by atoms with Crippen LogP contribution in [0.25, 0.3) is 0 Å². The van der Waals surface area contributed by atoms with E-state index in [2.05, 4.69) is 0 Å². The maximum Gasteiger partial charge on any atom is 0.309 e. The third-order valence-electron chi connectivity index (χ3n) is 2.36. The molecular formula is C13H14O2. The highest BCUT2D eigenvalue weighted by molar-refractivity contribution is 5.71. The lowest BCUT2D eigenvalue weighted by Gasteiger charge is -2.14. The van der Waals surface area contributed by atoms with Gasteiger partial charge in [-0.15, -0.1) is 0 Å². The molecule has 2 rings (SSSR count). The summed E-state index contributed by atoms with van der Waals surface area (Å²) in [5.41, 5.74) is 1.13. The Hall–Kier alpha value is -1.57. The summed E-state index contributed by atoms with van der Waals surface area (Å²) < 4.78 is 12.9. The fraction of sp³-hybridized carbons (Fsp3) is 0.308. The van der Waals surface area contributed by atoms with Crippen LogP contribution < -0.4 is 0 Å². The second-order valence-electron chi connectivity index (χ2n) is 3.62. The second-order valence-corrected chi connectivity index (χ2v) is 3.62. The molecule has 0 spiro atoms. The minimum Gasteiger partial charge on any atom is -0.461 e. The maximum atomic E-state index is 11.3. The molecular weight excluding hydrogens is 188 g/mol. The number of benzene rings is 1. The summed E-state index contributed by atoms with van der Waals surface area (Å²) in [6.07, 6.45) is 2.86. The Morgan fingerprint density at radius 3 is 3.00 bits per heavy atom. The highest BCUT2D eigenvalue weighted by Crippen LogP contribution is 2.13. The Morgan fingerprint density at radius 2 is 2.20 bits per heavy atom. The van der Waals surface area contributed by atoms with Crippen LogP contribution in [0.2, 0.25) is 0 Å². The summed E-state index contributed by atoms with van der Waals surface area (Å²) in [5, 5.41) is 0. The van der Waals surface area contributed by atoms with Crippen molar-refractivity contribution in [3.05, 3.63) is 48.0 Å². The molecule has 0 N–H and O–H groups in total. The summed E-state index contributed by atoms with van der Waals surface area (Å²) in [5.74, 6) is -0.233. The van der Waals surface area contributed by atoms with Gasteiger partial charge in [-0.1, -0.05) is 42.5 Å². The molecule has 78 valence electrons. The molecule has 1 unspecified atom stereocenters. The first-order valence-corrected chi connectivity index (χ1v) is 5.13. The minimum atomic E-state index is -0.233. The van der Waals surface area contributed by atoms with Crippen LogP contribution in [-0.4, -0.2) is 12.1 Å². The quantitative estimate of drug-likeness (QED) is 0.545. The van der Waals surface area contributed by atoms with Gasteiger partial charge in [-0.05, 0) is 5.56 Å². The number of carbonyl (C=O) groups excluding carboxylic acids is 1. The van der Waals surface area contributed by atoms with E-state index in [1.807, 2.05) is 30.3 Å². The van der Waals surface area contributed by atoms with Gasteiger partial charge in [0.1, 0.15) is 6.10 Å².